The van der Waals surface area contributed by atoms with Gasteiger partial charge in [-0.25, -0.2) is 0 Å². The van der Waals surface area contributed by atoms with Gasteiger partial charge in [-0.1, -0.05) is 104 Å². The van der Waals surface area contributed by atoms with E-state index < -0.39 is 0 Å². The molecule has 0 aromatic carbocycles. The van der Waals surface area contributed by atoms with Gasteiger partial charge >= 0.3 is 0 Å². The van der Waals surface area contributed by atoms with E-state index in [9.17, 15) is 0 Å². The molecule has 0 aromatic heterocycles. The molecule has 2 saturated heterocycles. The van der Waals surface area contributed by atoms with Crippen molar-refractivity contribution in [1.82, 2.24) is 0 Å². The number of halogens is 2. The Morgan fingerprint density at radius 3 is 0.761 bits per heavy atom. The third kappa shape index (κ3) is 20.8. The number of quaternary nitrogens is 4. The van der Waals surface area contributed by atoms with Gasteiger partial charge in [0.15, 0.2) is 0 Å². The van der Waals surface area contributed by atoms with Gasteiger partial charge in [-0.05, 0) is 53.4 Å². The van der Waals surface area contributed by atoms with Gasteiger partial charge in [-0.15, -0.1) is 0 Å². The lowest BCUT2D eigenvalue weighted by Crippen LogP contribution is -3.00. The standard InChI is InChI=1S/2C20H44N2.2HI/c2*1-5-8-9-10-11-12-13-14-15-16-22(7-3)19-17-21(4,6-2)18-20-22;;/h2*5-20H2,1-4H3;2*1H/q2*+2;;/p-2. The molecule has 0 unspecified atom stereocenters. The van der Waals surface area contributed by atoms with Crippen LogP contribution in [0.2, 0.25) is 0 Å². The number of unbranched alkanes of at least 4 members (excludes halogenated alkanes) is 16. The molecule has 2 fully saturated rings. The first-order chi connectivity index (χ1) is 21.2. The third-order valence-electron chi connectivity index (χ3n) is 12.8. The number of rotatable bonds is 24. The Bertz CT molecular complexity index is 602. The molecule has 0 aliphatic carbocycles. The van der Waals surface area contributed by atoms with Crippen LogP contribution < -0.4 is 48.0 Å². The predicted octanol–water partition coefficient (Wildman–Crippen LogP) is 3.68. The zero-order valence-corrected chi connectivity index (χ0v) is 37.5. The zero-order valence-electron chi connectivity index (χ0n) is 33.2. The van der Waals surface area contributed by atoms with Crippen LogP contribution in [0.25, 0.3) is 0 Å². The molecular formula is C40H88I2N4+2. The predicted molar refractivity (Wildman–Crippen MR) is 198 cm³/mol. The average molecular weight is 879 g/mol. The van der Waals surface area contributed by atoms with Crippen LogP contribution in [-0.4, -0.2) is 124 Å². The summed E-state index contributed by atoms with van der Waals surface area (Å²) in [7, 11) is 4.89. The van der Waals surface area contributed by atoms with Gasteiger partial charge in [0.1, 0.15) is 52.4 Å². The normalized spacial score (nSPS) is 27.7. The van der Waals surface area contributed by atoms with E-state index in [1.54, 1.807) is 0 Å². The van der Waals surface area contributed by atoms with Crippen LogP contribution in [0, 0.1) is 0 Å². The lowest BCUT2D eigenvalue weighted by molar-refractivity contribution is -1.02. The second-order valence-electron chi connectivity index (χ2n) is 16.1. The highest BCUT2D eigenvalue weighted by atomic mass is 127. The summed E-state index contributed by atoms with van der Waals surface area (Å²) in [5, 5.41) is 0. The average Bonchev–Trinajstić information content (AvgIpc) is 3.05. The van der Waals surface area contributed by atoms with E-state index >= 15 is 0 Å². The first-order valence-corrected chi connectivity index (χ1v) is 20.6. The zero-order chi connectivity index (χ0) is 32.6. The van der Waals surface area contributed by atoms with Crippen molar-refractivity contribution < 1.29 is 65.9 Å². The molecule has 46 heavy (non-hydrogen) atoms. The lowest BCUT2D eigenvalue weighted by atomic mass is 10.1. The molecule has 6 heteroatoms. The number of nitrogens with zero attached hydrogens (tertiary/aromatic N) is 4. The molecule has 0 amide bonds. The maximum Gasteiger partial charge on any atom is 0.129 e. The fraction of sp³-hybridized carbons (Fsp3) is 1.00. The smallest absolute Gasteiger partial charge is 0.129 e. The topological polar surface area (TPSA) is 0 Å². The minimum atomic E-state index is 0. The van der Waals surface area contributed by atoms with Gasteiger partial charge in [0, 0.05) is 0 Å². The fourth-order valence-electron chi connectivity index (χ4n) is 7.81. The van der Waals surface area contributed by atoms with Crippen LogP contribution >= 0.6 is 0 Å². The molecule has 0 N–H and O–H groups in total. The van der Waals surface area contributed by atoms with Gasteiger partial charge in [0.25, 0.3) is 0 Å². The Balaban J connectivity index is 0. The SMILES string of the molecule is CCCCCCCCCCC[N+]1(CC)CC[N+](C)(CC)CC1.CCCCCCCCCCC[N+]1(CC)CC[N+](C)(CC)CC1.[I-].[I-]. The van der Waals surface area contributed by atoms with Crippen molar-refractivity contribution in [2.24, 2.45) is 0 Å². The maximum atomic E-state index is 2.45. The minimum absolute atomic E-state index is 0. The number of hydrogen-bond donors (Lipinski definition) is 0. The summed E-state index contributed by atoms with van der Waals surface area (Å²) in [6, 6.07) is 0. The summed E-state index contributed by atoms with van der Waals surface area (Å²) in [6.45, 7) is 33.5. The van der Waals surface area contributed by atoms with Crippen LogP contribution in [0.5, 0.6) is 0 Å². The summed E-state index contributed by atoms with van der Waals surface area (Å²) in [5.41, 5.74) is 0. The Morgan fingerprint density at radius 2 is 0.543 bits per heavy atom. The van der Waals surface area contributed by atoms with Gasteiger partial charge in [0.05, 0.1) is 53.4 Å². The highest BCUT2D eigenvalue weighted by molar-refractivity contribution is 4.55. The summed E-state index contributed by atoms with van der Waals surface area (Å²) in [6.07, 6.45) is 26.1. The molecule has 2 heterocycles. The minimum Gasteiger partial charge on any atom is -1.00 e. The summed E-state index contributed by atoms with van der Waals surface area (Å²) in [5.74, 6) is 0. The number of hydrogen-bond acceptors (Lipinski definition) is 0. The maximum absolute atomic E-state index is 2.45. The molecule has 2 aliphatic rings. The quantitative estimate of drug-likeness (QED) is 0.0791. The largest absolute Gasteiger partial charge is 1.00 e. The summed E-state index contributed by atoms with van der Waals surface area (Å²) in [4.78, 5) is 0. The van der Waals surface area contributed by atoms with E-state index in [2.05, 4.69) is 55.6 Å². The molecule has 4 nitrogen and oxygen atoms in total. The van der Waals surface area contributed by atoms with Crippen molar-refractivity contribution in [2.75, 3.05) is 106 Å². The Labute approximate surface area is 326 Å². The molecular weight excluding hydrogens is 790 g/mol. The van der Waals surface area contributed by atoms with Crippen molar-refractivity contribution in [3.63, 3.8) is 0 Å². The van der Waals surface area contributed by atoms with E-state index in [4.69, 9.17) is 0 Å². The second kappa shape index (κ2) is 28.9. The highest BCUT2D eigenvalue weighted by Gasteiger charge is 2.38. The van der Waals surface area contributed by atoms with Crippen LogP contribution in [0.4, 0.5) is 0 Å². The van der Waals surface area contributed by atoms with E-state index in [1.165, 1.54) is 225 Å². The van der Waals surface area contributed by atoms with Crippen molar-refractivity contribution in [3.8, 4) is 0 Å². The summed E-state index contributed by atoms with van der Waals surface area (Å²) < 4.78 is 5.42. The van der Waals surface area contributed by atoms with Crippen molar-refractivity contribution in [2.45, 2.75) is 157 Å². The molecule has 0 bridgehead atoms. The lowest BCUT2D eigenvalue weighted by Gasteiger charge is -2.47. The fourth-order valence-corrected chi connectivity index (χ4v) is 7.81. The molecule has 0 spiro atoms. The van der Waals surface area contributed by atoms with Crippen LogP contribution in [0.15, 0.2) is 0 Å². The van der Waals surface area contributed by atoms with Crippen LogP contribution in [-0.2, 0) is 0 Å². The first kappa shape index (κ1) is 49.4. The van der Waals surface area contributed by atoms with Crippen molar-refractivity contribution in [1.29, 1.82) is 0 Å². The Kier molecular flexibility index (Phi) is 31.1. The number of likely N-dealkylation sites (N-methyl/N-ethyl adjacent to an activating group) is 4. The van der Waals surface area contributed by atoms with E-state index in [1.807, 2.05) is 0 Å². The van der Waals surface area contributed by atoms with E-state index in [0.29, 0.717) is 0 Å². The van der Waals surface area contributed by atoms with Gasteiger partial charge in [0.2, 0.25) is 0 Å². The third-order valence-corrected chi connectivity index (χ3v) is 12.8. The monoisotopic (exact) mass is 879 g/mol. The Morgan fingerprint density at radius 1 is 0.304 bits per heavy atom. The van der Waals surface area contributed by atoms with Crippen molar-refractivity contribution in [3.05, 3.63) is 0 Å². The molecule has 280 valence electrons. The van der Waals surface area contributed by atoms with Gasteiger partial charge in [-0.3, -0.25) is 0 Å². The molecule has 0 saturated carbocycles. The van der Waals surface area contributed by atoms with E-state index in [-0.39, 0.29) is 48.0 Å². The van der Waals surface area contributed by atoms with Crippen LogP contribution in [0.1, 0.15) is 157 Å². The first-order valence-electron chi connectivity index (χ1n) is 20.6. The van der Waals surface area contributed by atoms with E-state index in [0.717, 1.165) is 0 Å². The molecule has 2 rings (SSSR count). The van der Waals surface area contributed by atoms with Gasteiger partial charge < -0.3 is 65.9 Å². The molecule has 0 radical (unpaired) electrons. The molecule has 0 atom stereocenters. The molecule has 2 aliphatic heterocycles. The second-order valence-corrected chi connectivity index (χ2v) is 16.1. The highest BCUT2D eigenvalue weighted by Crippen LogP contribution is 2.21. The molecule has 0 aromatic rings. The van der Waals surface area contributed by atoms with Crippen molar-refractivity contribution >= 4 is 0 Å². The Hall–Kier alpha value is 1.30. The van der Waals surface area contributed by atoms with Gasteiger partial charge in [-0.2, -0.15) is 0 Å². The summed E-state index contributed by atoms with van der Waals surface area (Å²) >= 11 is 0. The number of piperazine rings is 2. The van der Waals surface area contributed by atoms with Crippen LogP contribution in [0.3, 0.4) is 0 Å².